The van der Waals surface area contributed by atoms with Crippen molar-refractivity contribution in [1.29, 1.82) is 0 Å². The molecule has 0 aliphatic carbocycles. The van der Waals surface area contributed by atoms with Crippen LogP contribution in [0.5, 0.6) is 0 Å². The van der Waals surface area contributed by atoms with Gasteiger partial charge in [-0.3, -0.25) is 19.7 Å². The lowest BCUT2D eigenvalue weighted by Gasteiger charge is -2.26. The van der Waals surface area contributed by atoms with Crippen molar-refractivity contribution in [2.24, 2.45) is 5.92 Å². The molecule has 28 heavy (non-hydrogen) atoms. The number of amides is 5. The third-order valence-corrected chi connectivity index (χ3v) is 3.77. The van der Waals surface area contributed by atoms with Gasteiger partial charge in [0, 0.05) is 12.8 Å². The average molecular weight is 400 g/mol. The Kier molecular flexibility index (Phi) is 8.20. The monoisotopic (exact) mass is 400 g/mol. The van der Waals surface area contributed by atoms with E-state index < -0.39 is 41.7 Å². The van der Waals surface area contributed by atoms with Crippen molar-refractivity contribution in [3.05, 3.63) is 0 Å². The fourth-order valence-electron chi connectivity index (χ4n) is 2.14. The molecule has 1 heterocycles. The quantitative estimate of drug-likeness (QED) is 0.423. The molecule has 1 rings (SSSR count). The molecule has 11 nitrogen and oxygen atoms in total. The van der Waals surface area contributed by atoms with Gasteiger partial charge in [0.1, 0.15) is 18.3 Å². The molecule has 1 saturated heterocycles. The smallest absolute Gasteiger partial charge is 0.433 e. The SMILES string of the molecule is CC[C@H](C)[C@H](NC(=O)CNC(=O)OC(C)(C)C)NC(=O)ON1C(=O)CCC1=O. The topological polar surface area (TPSA) is 143 Å². The van der Waals surface area contributed by atoms with Gasteiger partial charge in [-0.1, -0.05) is 13.8 Å². The molecule has 0 radical (unpaired) electrons. The molecule has 0 saturated carbocycles. The first-order chi connectivity index (χ1) is 12.9. The highest BCUT2D eigenvalue weighted by Gasteiger charge is 2.33. The van der Waals surface area contributed by atoms with Crippen LogP contribution in [-0.4, -0.2) is 53.3 Å². The molecule has 0 aromatic rings. The molecule has 1 aliphatic heterocycles. The zero-order valence-corrected chi connectivity index (χ0v) is 16.8. The maximum atomic E-state index is 12.1. The van der Waals surface area contributed by atoms with Gasteiger partial charge in [0.15, 0.2) is 0 Å². The molecule has 0 spiro atoms. The first-order valence-electron chi connectivity index (χ1n) is 9.03. The van der Waals surface area contributed by atoms with Crippen LogP contribution in [-0.2, 0) is 24.0 Å². The molecule has 0 aromatic carbocycles. The lowest BCUT2D eigenvalue weighted by atomic mass is 10.1. The largest absolute Gasteiger partial charge is 0.444 e. The van der Waals surface area contributed by atoms with E-state index in [4.69, 9.17) is 9.57 Å². The minimum Gasteiger partial charge on any atom is -0.444 e. The van der Waals surface area contributed by atoms with Gasteiger partial charge >= 0.3 is 12.2 Å². The van der Waals surface area contributed by atoms with Gasteiger partial charge in [0.2, 0.25) is 5.91 Å². The molecular weight excluding hydrogens is 372 g/mol. The summed E-state index contributed by atoms with van der Waals surface area (Å²) in [6.45, 7) is 8.34. The molecule has 0 aromatic heterocycles. The van der Waals surface area contributed by atoms with Crippen LogP contribution in [0.25, 0.3) is 0 Å². The Labute approximate surface area is 163 Å². The zero-order valence-electron chi connectivity index (χ0n) is 16.8. The fraction of sp³-hybridized carbons (Fsp3) is 0.706. The third-order valence-electron chi connectivity index (χ3n) is 3.77. The summed E-state index contributed by atoms with van der Waals surface area (Å²) in [4.78, 5) is 63.4. The summed E-state index contributed by atoms with van der Waals surface area (Å²) < 4.78 is 5.03. The van der Waals surface area contributed by atoms with Gasteiger partial charge in [-0.05, 0) is 33.1 Å². The first-order valence-corrected chi connectivity index (χ1v) is 9.03. The van der Waals surface area contributed by atoms with Gasteiger partial charge in [0.05, 0.1) is 0 Å². The second kappa shape index (κ2) is 9.90. The second-order valence-electron chi connectivity index (χ2n) is 7.39. The van der Waals surface area contributed by atoms with E-state index in [0.717, 1.165) is 0 Å². The van der Waals surface area contributed by atoms with E-state index in [9.17, 15) is 24.0 Å². The number of hydrogen-bond donors (Lipinski definition) is 3. The van der Waals surface area contributed by atoms with Crippen molar-refractivity contribution in [1.82, 2.24) is 21.0 Å². The number of nitrogens with one attached hydrogen (secondary N) is 3. The molecule has 1 aliphatic rings. The van der Waals surface area contributed by atoms with Crippen LogP contribution in [0.3, 0.4) is 0 Å². The maximum Gasteiger partial charge on any atom is 0.433 e. The molecule has 2 atom stereocenters. The summed E-state index contributed by atoms with van der Waals surface area (Å²) in [6, 6.07) is 0. The Hall–Kier alpha value is -2.85. The lowest BCUT2D eigenvalue weighted by Crippen LogP contribution is -2.54. The molecular formula is C17H28N4O7. The standard InChI is InChI=1S/C17H28N4O7/c1-6-10(2)14(19-11(22)9-18-15(25)27-17(3,4)5)20-16(26)28-21-12(23)7-8-13(21)24/h10,14H,6-9H2,1-5H3,(H,18,25)(H,19,22)(H,20,26)/t10-,14+/m0/s1. The highest BCUT2D eigenvalue weighted by molar-refractivity contribution is 6.01. The van der Waals surface area contributed by atoms with Crippen LogP contribution < -0.4 is 16.0 Å². The van der Waals surface area contributed by atoms with Crippen molar-refractivity contribution in [2.75, 3.05) is 6.54 Å². The number of carbonyl (C=O) groups is 5. The van der Waals surface area contributed by atoms with Crippen molar-refractivity contribution in [3.8, 4) is 0 Å². The van der Waals surface area contributed by atoms with Crippen molar-refractivity contribution < 1.29 is 33.5 Å². The summed E-state index contributed by atoms with van der Waals surface area (Å²) in [7, 11) is 0. The molecule has 0 bridgehead atoms. The predicted molar refractivity (Wildman–Crippen MR) is 96.3 cm³/mol. The van der Waals surface area contributed by atoms with E-state index in [1.54, 1.807) is 27.7 Å². The van der Waals surface area contributed by atoms with Crippen LogP contribution >= 0.6 is 0 Å². The number of rotatable bonds is 7. The van der Waals surface area contributed by atoms with Crippen molar-refractivity contribution >= 4 is 29.9 Å². The summed E-state index contributed by atoms with van der Waals surface area (Å²) in [6.07, 6.45) is -2.07. The molecule has 158 valence electrons. The van der Waals surface area contributed by atoms with E-state index in [1.165, 1.54) is 0 Å². The fourth-order valence-corrected chi connectivity index (χ4v) is 2.14. The Morgan fingerprint density at radius 2 is 1.64 bits per heavy atom. The molecule has 11 heteroatoms. The van der Waals surface area contributed by atoms with Crippen LogP contribution in [0.1, 0.15) is 53.9 Å². The minimum absolute atomic E-state index is 0.0199. The summed E-state index contributed by atoms with van der Waals surface area (Å²) >= 11 is 0. The van der Waals surface area contributed by atoms with E-state index in [2.05, 4.69) is 16.0 Å². The number of nitrogens with zero attached hydrogens (tertiary/aromatic N) is 1. The highest BCUT2D eigenvalue weighted by Crippen LogP contribution is 2.13. The number of hydrogen-bond acceptors (Lipinski definition) is 7. The van der Waals surface area contributed by atoms with E-state index in [0.29, 0.717) is 11.5 Å². The molecule has 3 N–H and O–H groups in total. The van der Waals surface area contributed by atoms with E-state index >= 15 is 0 Å². The van der Waals surface area contributed by atoms with Gasteiger partial charge in [-0.25, -0.2) is 9.59 Å². The first kappa shape index (κ1) is 23.2. The third kappa shape index (κ3) is 7.80. The van der Waals surface area contributed by atoms with Gasteiger partial charge in [0.25, 0.3) is 11.8 Å². The summed E-state index contributed by atoms with van der Waals surface area (Å²) in [5.74, 6) is -1.97. The van der Waals surface area contributed by atoms with Crippen molar-refractivity contribution in [2.45, 2.75) is 65.6 Å². The number of ether oxygens (including phenoxy) is 1. The van der Waals surface area contributed by atoms with E-state index in [1.807, 2.05) is 6.92 Å². The predicted octanol–water partition coefficient (Wildman–Crippen LogP) is 0.790. The summed E-state index contributed by atoms with van der Waals surface area (Å²) in [5.41, 5.74) is -0.699. The van der Waals surface area contributed by atoms with Crippen LogP contribution in [0.15, 0.2) is 0 Å². The van der Waals surface area contributed by atoms with Crippen LogP contribution in [0.4, 0.5) is 9.59 Å². The zero-order chi connectivity index (χ0) is 21.5. The van der Waals surface area contributed by atoms with E-state index in [-0.39, 0.29) is 25.3 Å². The Morgan fingerprint density at radius 3 is 2.14 bits per heavy atom. The lowest BCUT2D eigenvalue weighted by molar-refractivity contribution is -0.171. The second-order valence-corrected chi connectivity index (χ2v) is 7.39. The molecule has 5 amide bonds. The average Bonchev–Trinajstić information content (AvgIpc) is 2.89. The normalized spacial score (nSPS) is 16.2. The van der Waals surface area contributed by atoms with Crippen LogP contribution in [0.2, 0.25) is 0 Å². The van der Waals surface area contributed by atoms with Crippen LogP contribution in [0, 0.1) is 5.92 Å². The van der Waals surface area contributed by atoms with Gasteiger partial charge in [-0.15, -0.1) is 5.06 Å². The number of carbonyl (C=O) groups excluding carboxylic acids is 5. The Balaban J connectivity index is 2.56. The Morgan fingerprint density at radius 1 is 1.07 bits per heavy atom. The van der Waals surface area contributed by atoms with Gasteiger partial charge in [-0.2, -0.15) is 0 Å². The highest BCUT2D eigenvalue weighted by atomic mass is 16.7. The number of alkyl carbamates (subject to hydrolysis) is 1. The number of hydroxylamine groups is 2. The Bertz CT molecular complexity index is 613. The minimum atomic E-state index is -1.05. The van der Waals surface area contributed by atoms with Crippen molar-refractivity contribution in [3.63, 3.8) is 0 Å². The molecule has 1 fully saturated rings. The maximum absolute atomic E-state index is 12.1. The number of imide groups is 1. The summed E-state index contributed by atoms with van der Waals surface area (Å²) in [5, 5.41) is 7.69. The van der Waals surface area contributed by atoms with Gasteiger partial charge < -0.3 is 20.2 Å². The molecule has 0 unspecified atom stereocenters.